The highest BCUT2D eigenvalue weighted by atomic mass is 35.5. The molecular formula is C9H7ClN2O. The molecule has 0 aliphatic heterocycles. The fraction of sp³-hybridized carbons (Fsp3) is 0.111. The lowest BCUT2D eigenvalue weighted by Crippen LogP contribution is -1.90. The topological polar surface area (TPSA) is 45.8 Å². The number of aromatic amines is 1. The van der Waals surface area contributed by atoms with Crippen molar-refractivity contribution in [2.45, 2.75) is 6.92 Å². The normalized spacial score (nSPS) is 10.6. The van der Waals surface area contributed by atoms with Gasteiger partial charge in [0.2, 0.25) is 0 Å². The van der Waals surface area contributed by atoms with Gasteiger partial charge in [-0.15, -0.1) is 0 Å². The van der Waals surface area contributed by atoms with Crippen LogP contribution in [0.1, 0.15) is 17.3 Å². The number of fused-ring (bicyclic) bond motifs is 1. The molecule has 3 nitrogen and oxygen atoms in total. The molecule has 0 spiro atoms. The van der Waals surface area contributed by atoms with Crippen molar-refractivity contribution in [2.24, 2.45) is 0 Å². The number of Topliss-reactive ketones (excluding diaryl/α,β-unsaturated/α-hetero) is 1. The number of carbonyl (C=O) groups is 1. The Labute approximate surface area is 79.7 Å². The van der Waals surface area contributed by atoms with Crippen LogP contribution in [0.3, 0.4) is 0 Å². The predicted molar refractivity (Wildman–Crippen MR) is 51.1 cm³/mol. The van der Waals surface area contributed by atoms with Crippen LogP contribution >= 0.6 is 11.6 Å². The summed E-state index contributed by atoms with van der Waals surface area (Å²) in [6, 6.07) is 5.25. The summed E-state index contributed by atoms with van der Waals surface area (Å²) >= 11 is 5.82. The predicted octanol–water partition coefficient (Wildman–Crippen LogP) is 2.42. The summed E-state index contributed by atoms with van der Waals surface area (Å²) in [5.74, 6) is 0.0270. The smallest absolute Gasteiger partial charge is 0.159 e. The molecule has 13 heavy (non-hydrogen) atoms. The quantitative estimate of drug-likeness (QED) is 0.709. The first-order valence-corrected chi connectivity index (χ1v) is 4.21. The lowest BCUT2D eigenvalue weighted by atomic mass is 10.1. The molecule has 1 N–H and O–H groups in total. The Morgan fingerprint density at radius 2 is 2.31 bits per heavy atom. The molecule has 0 fully saturated rings. The number of ketones is 1. The molecule has 2 rings (SSSR count). The maximum absolute atomic E-state index is 11.0. The van der Waals surface area contributed by atoms with E-state index < -0.39 is 0 Å². The van der Waals surface area contributed by atoms with Crippen LogP contribution in [0.15, 0.2) is 18.2 Å². The summed E-state index contributed by atoms with van der Waals surface area (Å²) < 4.78 is 0. The third-order valence-corrected chi connectivity index (χ3v) is 2.20. The van der Waals surface area contributed by atoms with Gasteiger partial charge in [0, 0.05) is 10.9 Å². The van der Waals surface area contributed by atoms with Crippen molar-refractivity contribution in [3.63, 3.8) is 0 Å². The Balaban J connectivity index is 2.72. The van der Waals surface area contributed by atoms with E-state index in [1.807, 2.05) is 0 Å². The average Bonchev–Trinajstić information content (AvgIpc) is 2.47. The van der Waals surface area contributed by atoms with E-state index >= 15 is 0 Å². The summed E-state index contributed by atoms with van der Waals surface area (Å²) in [4.78, 5) is 11.0. The number of rotatable bonds is 1. The van der Waals surface area contributed by atoms with Crippen molar-refractivity contribution in [1.29, 1.82) is 0 Å². The van der Waals surface area contributed by atoms with E-state index in [1.54, 1.807) is 18.2 Å². The number of benzene rings is 1. The molecule has 1 aromatic heterocycles. The molecule has 0 atom stereocenters. The molecule has 0 amide bonds. The van der Waals surface area contributed by atoms with Gasteiger partial charge in [-0.25, -0.2) is 0 Å². The molecule has 66 valence electrons. The van der Waals surface area contributed by atoms with Crippen molar-refractivity contribution >= 4 is 28.3 Å². The van der Waals surface area contributed by atoms with Gasteiger partial charge >= 0.3 is 0 Å². The summed E-state index contributed by atoms with van der Waals surface area (Å²) in [5, 5.41) is 7.85. The highest BCUT2D eigenvalue weighted by Gasteiger charge is 2.05. The summed E-state index contributed by atoms with van der Waals surface area (Å²) in [6.07, 6.45) is 0. The molecule has 0 bridgehead atoms. The van der Waals surface area contributed by atoms with Crippen LogP contribution in [0, 0.1) is 0 Å². The van der Waals surface area contributed by atoms with Gasteiger partial charge in [0.15, 0.2) is 5.78 Å². The van der Waals surface area contributed by atoms with Crippen molar-refractivity contribution in [2.75, 3.05) is 0 Å². The molecule has 1 heterocycles. The second-order valence-corrected chi connectivity index (χ2v) is 3.20. The molecular weight excluding hydrogens is 188 g/mol. The third-order valence-electron chi connectivity index (χ3n) is 1.91. The van der Waals surface area contributed by atoms with E-state index in [0.717, 1.165) is 10.9 Å². The second-order valence-electron chi connectivity index (χ2n) is 2.83. The highest BCUT2D eigenvalue weighted by molar-refractivity contribution is 6.34. The number of nitrogens with one attached hydrogen (secondary N) is 1. The first kappa shape index (κ1) is 8.26. The third kappa shape index (κ3) is 1.31. The van der Waals surface area contributed by atoms with E-state index in [0.29, 0.717) is 10.7 Å². The summed E-state index contributed by atoms with van der Waals surface area (Å²) in [5.41, 5.74) is 1.42. The maximum Gasteiger partial charge on any atom is 0.159 e. The molecule has 0 saturated heterocycles. The fourth-order valence-electron chi connectivity index (χ4n) is 1.20. The average molecular weight is 195 g/mol. The number of H-pyrrole nitrogens is 1. The Hall–Kier alpha value is -1.35. The van der Waals surface area contributed by atoms with Crippen LogP contribution in [0.25, 0.3) is 10.9 Å². The first-order chi connectivity index (χ1) is 6.18. The van der Waals surface area contributed by atoms with Crippen LogP contribution in [0.2, 0.25) is 5.15 Å². The number of hydrogen-bond acceptors (Lipinski definition) is 2. The van der Waals surface area contributed by atoms with Crippen molar-refractivity contribution in [3.8, 4) is 0 Å². The van der Waals surface area contributed by atoms with E-state index in [4.69, 9.17) is 11.6 Å². The van der Waals surface area contributed by atoms with Crippen LogP contribution in [-0.2, 0) is 0 Å². The van der Waals surface area contributed by atoms with Gasteiger partial charge in [-0.05, 0) is 25.1 Å². The Morgan fingerprint density at radius 1 is 1.54 bits per heavy atom. The van der Waals surface area contributed by atoms with Crippen LogP contribution in [0.5, 0.6) is 0 Å². The summed E-state index contributed by atoms with van der Waals surface area (Å²) in [7, 11) is 0. The molecule has 0 aliphatic rings. The zero-order valence-electron chi connectivity index (χ0n) is 6.97. The Bertz CT molecular complexity index is 475. The van der Waals surface area contributed by atoms with Crippen molar-refractivity contribution in [3.05, 3.63) is 28.9 Å². The fourth-order valence-corrected chi connectivity index (χ4v) is 1.39. The van der Waals surface area contributed by atoms with E-state index in [1.165, 1.54) is 6.92 Å². The molecule has 1 aromatic carbocycles. The lowest BCUT2D eigenvalue weighted by Gasteiger charge is -1.94. The molecule has 0 unspecified atom stereocenters. The van der Waals surface area contributed by atoms with Crippen LogP contribution in [-0.4, -0.2) is 16.0 Å². The van der Waals surface area contributed by atoms with Gasteiger partial charge in [0.05, 0.1) is 5.52 Å². The minimum absolute atomic E-state index is 0.0270. The lowest BCUT2D eigenvalue weighted by molar-refractivity contribution is 0.101. The maximum atomic E-state index is 11.0. The second kappa shape index (κ2) is 2.85. The molecule has 0 saturated carbocycles. The van der Waals surface area contributed by atoms with Gasteiger partial charge in [-0.1, -0.05) is 11.6 Å². The number of hydrogen-bond donors (Lipinski definition) is 1. The first-order valence-electron chi connectivity index (χ1n) is 3.83. The number of aromatic nitrogens is 2. The van der Waals surface area contributed by atoms with Crippen LogP contribution in [0.4, 0.5) is 0 Å². The van der Waals surface area contributed by atoms with Gasteiger partial charge < -0.3 is 0 Å². The van der Waals surface area contributed by atoms with Crippen molar-refractivity contribution in [1.82, 2.24) is 10.2 Å². The number of halogens is 1. The Morgan fingerprint density at radius 3 is 3.00 bits per heavy atom. The zero-order chi connectivity index (χ0) is 9.42. The van der Waals surface area contributed by atoms with Crippen LogP contribution < -0.4 is 0 Å². The number of carbonyl (C=O) groups excluding carboxylic acids is 1. The number of nitrogens with zero attached hydrogens (tertiary/aromatic N) is 1. The standard InChI is InChI=1S/C9H7ClN2O/c1-5(13)6-2-3-8-7(4-6)9(10)12-11-8/h2-4H,1H3,(H,11,12). The zero-order valence-corrected chi connectivity index (χ0v) is 7.72. The highest BCUT2D eigenvalue weighted by Crippen LogP contribution is 2.21. The minimum Gasteiger partial charge on any atom is -0.295 e. The monoisotopic (exact) mass is 194 g/mol. The van der Waals surface area contributed by atoms with E-state index in [2.05, 4.69) is 10.2 Å². The minimum atomic E-state index is 0.0270. The molecule has 4 heteroatoms. The van der Waals surface area contributed by atoms with Gasteiger partial charge in [0.1, 0.15) is 5.15 Å². The molecule has 2 aromatic rings. The molecule has 0 aliphatic carbocycles. The van der Waals surface area contributed by atoms with Crippen molar-refractivity contribution < 1.29 is 4.79 Å². The van der Waals surface area contributed by atoms with Gasteiger partial charge in [0.25, 0.3) is 0 Å². The van der Waals surface area contributed by atoms with Gasteiger partial charge in [-0.3, -0.25) is 9.89 Å². The molecule has 0 radical (unpaired) electrons. The van der Waals surface area contributed by atoms with E-state index in [9.17, 15) is 4.79 Å². The van der Waals surface area contributed by atoms with Gasteiger partial charge in [-0.2, -0.15) is 5.10 Å². The van der Waals surface area contributed by atoms with E-state index in [-0.39, 0.29) is 5.78 Å². The largest absolute Gasteiger partial charge is 0.295 e. The Kier molecular flexibility index (Phi) is 1.81. The SMILES string of the molecule is CC(=O)c1ccc2n[nH]c(Cl)c2c1. The summed E-state index contributed by atoms with van der Waals surface area (Å²) in [6.45, 7) is 1.52.